The molecule has 2 N–H and O–H groups in total. The smallest absolute Gasteiger partial charge is 0.222 e. The fourth-order valence-electron chi connectivity index (χ4n) is 11.8. The van der Waals surface area contributed by atoms with E-state index in [2.05, 4.69) is 82.5 Å². The van der Waals surface area contributed by atoms with Gasteiger partial charge in [-0.1, -0.05) is 65.0 Å². The second kappa shape index (κ2) is 10.2. The molecule has 1 amide bonds. The molecule has 0 aromatic heterocycles. The summed E-state index contributed by atoms with van der Waals surface area (Å²) in [5.41, 5.74) is 0.206. The number of aliphatic imine (C=N–C) groups is 1. The summed E-state index contributed by atoms with van der Waals surface area (Å²) < 4.78 is 0. The SMILES string of the molecule is CC(C)C(=O)N[C@H]1CCC23C[C@]24C(=O)C[C@]2(C)[C@@H]([C@H](C)N(C)C)[C@H](O)C[C@@]2(C)[C@@H]4CC[C@H]3[C@]1(C)C=NCc1ccccc1. The highest BCUT2D eigenvalue weighted by Crippen LogP contribution is 2.87. The largest absolute Gasteiger partial charge is 0.393 e. The third-order valence-electron chi connectivity index (χ3n) is 14.3. The third kappa shape index (κ3) is 4.14. The zero-order valence-electron chi connectivity index (χ0n) is 27.8. The number of hydrogen-bond acceptors (Lipinski definition) is 5. The molecular weight excluding hydrogens is 534 g/mol. The number of amides is 1. The number of fused-ring (bicyclic) bond motifs is 2. The first-order valence-electron chi connectivity index (χ1n) is 16.9. The first kappa shape index (κ1) is 31.0. The van der Waals surface area contributed by atoms with Gasteiger partial charge in [0.05, 0.1) is 12.6 Å². The van der Waals surface area contributed by atoms with Crippen LogP contribution < -0.4 is 5.32 Å². The van der Waals surface area contributed by atoms with Crippen molar-refractivity contribution < 1.29 is 14.7 Å². The summed E-state index contributed by atoms with van der Waals surface area (Å²) in [6.07, 6.45) is 8.02. The minimum atomic E-state index is -0.389. The quantitative estimate of drug-likeness (QED) is 0.387. The van der Waals surface area contributed by atoms with Gasteiger partial charge in [0.15, 0.2) is 0 Å². The van der Waals surface area contributed by atoms with E-state index in [-0.39, 0.29) is 63.0 Å². The molecule has 0 aliphatic heterocycles. The summed E-state index contributed by atoms with van der Waals surface area (Å²) in [4.78, 5) is 35.0. The van der Waals surface area contributed by atoms with Gasteiger partial charge in [-0.2, -0.15) is 0 Å². The van der Waals surface area contributed by atoms with E-state index in [0.29, 0.717) is 30.6 Å². The monoisotopic (exact) mass is 589 g/mol. The van der Waals surface area contributed by atoms with E-state index in [9.17, 15) is 14.7 Å². The Balaban J connectivity index is 1.36. The summed E-state index contributed by atoms with van der Waals surface area (Å²) in [5.74, 6) is 1.15. The Labute approximate surface area is 259 Å². The van der Waals surface area contributed by atoms with Crippen LogP contribution in [-0.2, 0) is 16.1 Å². The van der Waals surface area contributed by atoms with E-state index < -0.39 is 0 Å². The van der Waals surface area contributed by atoms with Crippen LogP contribution in [0.3, 0.4) is 0 Å². The number of aliphatic hydroxyl groups is 1. The lowest BCUT2D eigenvalue weighted by atomic mass is 9.41. The van der Waals surface area contributed by atoms with Gasteiger partial charge in [-0.15, -0.1) is 0 Å². The van der Waals surface area contributed by atoms with Crippen molar-refractivity contribution in [3.8, 4) is 0 Å². The highest BCUT2D eigenvalue weighted by atomic mass is 16.3. The lowest BCUT2D eigenvalue weighted by Crippen LogP contribution is -2.63. The number of carbonyl (C=O) groups is 2. The Hall–Kier alpha value is -2.05. The van der Waals surface area contributed by atoms with Crippen LogP contribution in [0.1, 0.15) is 92.1 Å². The second-order valence-electron chi connectivity index (χ2n) is 16.5. The van der Waals surface area contributed by atoms with Gasteiger partial charge in [0.1, 0.15) is 5.78 Å². The number of nitrogens with zero attached hydrogens (tertiary/aromatic N) is 2. The standard InChI is InChI=1S/C37H55N3O3/c1-23(2)32(43)39-29-16-17-36-21-37(36)28(15-14-27(36)33(29,4)22-38-20-25-12-10-9-11-13-25)34(5)18-26(41)31(24(3)40(7)8)35(34,6)19-30(37)42/h9-13,22-24,26-29,31,41H,14-21H2,1-8H3,(H,39,43)/t24-,26+,27-,28-,29-,31-,33-,34-,35+,36?,37-/m0/s1. The normalized spacial score (nSPS) is 45.8. The molecule has 5 fully saturated rings. The molecular formula is C37H55N3O3. The van der Waals surface area contributed by atoms with Crippen LogP contribution in [0.4, 0.5) is 0 Å². The average Bonchev–Trinajstić information content (AvgIpc) is 3.59. The highest BCUT2D eigenvalue weighted by molar-refractivity contribution is 5.92. The molecule has 2 spiro atoms. The molecule has 236 valence electrons. The number of Topliss-reactive ketones (excluding diaryl/α,β-unsaturated/α-hetero) is 1. The number of hydrogen-bond donors (Lipinski definition) is 2. The second-order valence-corrected chi connectivity index (χ2v) is 16.5. The highest BCUT2D eigenvalue weighted by Gasteiger charge is 2.86. The van der Waals surface area contributed by atoms with E-state index in [4.69, 9.17) is 4.99 Å². The first-order chi connectivity index (χ1) is 20.2. The fourth-order valence-corrected chi connectivity index (χ4v) is 11.8. The van der Waals surface area contributed by atoms with Gasteiger partial charge in [-0.05, 0) is 93.2 Å². The van der Waals surface area contributed by atoms with Crippen molar-refractivity contribution in [1.29, 1.82) is 0 Å². The molecule has 5 aliphatic rings. The molecule has 1 aromatic rings. The number of ketones is 1. The summed E-state index contributed by atoms with van der Waals surface area (Å²) in [5, 5.41) is 15.1. The topological polar surface area (TPSA) is 82.0 Å². The van der Waals surface area contributed by atoms with Gasteiger partial charge in [-0.3, -0.25) is 14.6 Å². The Morgan fingerprint density at radius 3 is 2.40 bits per heavy atom. The lowest BCUT2D eigenvalue weighted by molar-refractivity contribution is -0.167. The van der Waals surface area contributed by atoms with Gasteiger partial charge >= 0.3 is 0 Å². The molecule has 0 bridgehead atoms. The van der Waals surface area contributed by atoms with Gasteiger partial charge < -0.3 is 15.3 Å². The molecule has 5 saturated carbocycles. The molecule has 6 nitrogen and oxygen atoms in total. The molecule has 11 atom stereocenters. The number of aliphatic hydroxyl groups excluding tert-OH is 1. The number of benzene rings is 1. The van der Waals surface area contributed by atoms with Crippen LogP contribution in [0, 0.1) is 50.7 Å². The maximum absolute atomic E-state index is 14.7. The van der Waals surface area contributed by atoms with Crippen molar-refractivity contribution in [2.45, 2.75) is 111 Å². The van der Waals surface area contributed by atoms with Gasteiger partial charge in [0, 0.05) is 47.4 Å². The molecule has 43 heavy (non-hydrogen) atoms. The van der Waals surface area contributed by atoms with Crippen LogP contribution >= 0.6 is 0 Å². The third-order valence-corrected chi connectivity index (χ3v) is 14.3. The summed E-state index contributed by atoms with van der Waals surface area (Å²) in [6, 6.07) is 10.6. The molecule has 1 unspecified atom stereocenters. The number of nitrogens with one attached hydrogen (secondary N) is 1. The van der Waals surface area contributed by atoms with E-state index >= 15 is 0 Å². The van der Waals surface area contributed by atoms with Crippen LogP contribution in [0.2, 0.25) is 0 Å². The van der Waals surface area contributed by atoms with Gasteiger partial charge in [0.25, 0.3) is 0 Å². The van der Waals surface area contributed by atoms with Crippen LogP contribution in [0.15, 0.2) is 35.3 Å². The van der Waals surface area contributed by atoms with Crippen LogP contribution in [0.5, 0.6) is 0 Å². The molecule has 5 aliphatic carbocycles. The fraction of sp³-hybridized carbons (Fsp3) is 0.757. The zero-order chi connectivity index (χ0) is 31.2. The molecule has 1 aromatic carbocycles. The molecule has 0 saturated heterocycles. The summed E-state index contributed by atoms with van der Waals surface area (Å²) in [6.45, 7) is 13.8. The molecule has 0 radical (unpaired) electrons. The number of rotatable bonds is 7. The Kier molecular flexibility index (Phi) is 7.37. The maximum Gasteiger partial charge on any atom is 0.222 e. The molecule has 0 heterocycles. The van der Waals surface area contributed by atoms with E-state index in [0.717, 1.165) is 38.5 Å². The van der Waals surface area contributed by atoms with Crippen molar-refractivity contribution in [3.63, 3.8) is 0 Å². The Morgan fingerprint density at radius 2 is 1.74 bits per heavy atom. The lowest BCUT2D eigenvalue weighted by Gasteiger charge is -2.62. The average molecular weight is 590 g/mol. The van der Waals surface area contributed by atoms with E-state index in [1.54, 1.807) is 0 Å². The molecule has 6 rings (SSSR count). The van der Waals surface area contributed by atoms with E-state index in [1.165, 1.54) is 5.56 Å². The van der Waals surface area contributed by atoms with Crippen molar-refractivity contribution in [2.24, 2.45) is 55.7 Å². The Bertz CT molecular complexity index is 1300. The summed E-state index contributed by atoms with van der Waals surface area (Å²) >= 11 is 0. The van der Waals surface area contributed by atoms with Gasteiger partial charge in [0.2, 0.25) is 5.91 Å². The maximum atomic E-state index is 14.7. The minimum Gasteiger partial charge on any atom is -0.393 e. The van der Waals surface area contributed by atoms with Crippen molar-refractivity contribution in [2.75, 3.05) is 14.1 Å². The van der Waals surface area contributed by atoms with Crippen molar-refractivity contribution >= 4 is 17.9 Å². The minimum absolute atomic E-state index is 0.00455. The summed E-state index contributed by atoms with van der Waals surface area (Å²) in [7, 11) is 4.20. The predicted octanol–water partition coefficient (Wildman–Crippen LogP) is 5.92. The predicted molar refractivity (Wildman–Crippen MR) is 172 cm³/mol. The van der Waals surface area contributed by atoms with Crippen molar-refractivity contribution in [1.82, 2.24) is 10.2 Å². The number of carbonyl (C=O) groups excluding carboxylic acids is 2. The zero-order valence-corrected chi connectivity index (χ0v) is 27.8. The first-order valence-corrected chi connectivity index (χ1v) is 16.9. The van der Waals surface area contributed by atoms with Crippen LogP contribution in [0.25, 0.3) is 0 Å². The van der Waals surface area contributed by atoms with Crippen molar-refractivity contribution in [3.05, 3.63) is 35.9 Å². The van der Waals surface area contributed by atoms with Crippen LogP contribution in [-0.4, -0.2) is 60.2 Å². The van der Waals surface area contributed by atoms with Gasteiger partial charge in [-0.25, -0.2) is 0 Å². The molecule has 6 heteroatoms. The van der Waals surface area contributed by atoms with E-state index in [1.807, 2.05) is 19.9 Å². The Morgan fingerprint density at radius 1 is 1.07 bits per heavy atom.